The predicted octanol–water partition coefficient (Wildman–Crippen LogP) is 3.61. The van der Waals surface area contributed by atoms with E-state index in [1.165, 1.54) is 11.8 Å². The zero-order valence-electron chi connectivity index (χ0n) is 12.0. The Morgan fingerprint density at radius 1 is 1.27 bits per heavy atom. The van der Waals surface area contributed by atoms with Crippen LogP contribution in [0.2, 0.25) is 0 Å². The highest BCUT2D eigenvalue weighted by atomic mass is 32.2. The van der Waals surface area contributed by atoms with E-state index in [0.717, 1.165) is 22.9 Å². The highest BCUT2D eigenvalue weighted by Gasteiger charge is 2.24. The molecule has 0 saturated carbocycles. The van der Waals surface area contributed by atoms with Crippen LogP contribution in [0.5, 0.6) is 0 Å². The zero-order chi connectivity index (χ0) is 15.4. The summed E-state index contributed by atoms with van der Waals surface area (Å²) in [5, 5.41) is 4.92. The molecule has 22 heavy (non-hydrogen) atoms. The van der Waals surface area contributed by atoms with Gasteiger partial charge in [0, 0.05) is 13.0 Å². The van der Waals surface area contributed by atoms with Gasteiger partial charge in [-0.15, -0.1) is 23.1 Å². The third-order valence-corrected chi connectivity index (χ3v) is 5.51. The van der Waals surface area contributed by atoms with Crippen LogP contribution in [-0.2, 0) is 9.59 Å². The SMILES string of the molecule is O=C(CSc1cccs1)Nc1ccccc1N1CCCC1=O. The highest BCUT2D eigenvalue weighted by molar-refractivity contribution is 8.01. The molecule has 1 fully saturated rings. The molecule has 3 rings (SSSR count). The van der Waals surface area contributed by atoms with Crippen molar-refractivity contribution in [3.63, 3.8) is 0 Å². The van der Waals surface area contributed by atoms with Gasteiger partial charge >= 0.3 is 0 Å². The molecule has 1 aromatic heterocycles. The van der Waals surface area contributed by atoms with Crippen LogP contribution < -0.4 is 10.2 Å². The molecule has 4 nitrogen and oxygen atoms in total. The summed E-state index contributed by atoms with van der Waals surface area (Å²) < 4.78 is 1.12. The smallest absolute Gasteiger partial charge is 0.234 e. The minimum Gasteiger partial charge on any atom is -0.324 e. The number of amides is 2. The van der Waals surface area contributed by atoms with Gasteiger partial charge < -0.3 is 10.2 Å². The molecule has 6 heteroatoms. The van der Waals surface area contributed by atoms with E-state index in [1.54, 1.807) is 16.2 Å². The molecule has 2 amide bonds. The van der Waals surface area contributed by atoms with Crippen molar-refractivity contribution in [1.29, 1.82) is 0 Å². The molecule has 0 atom stereocenters. The van der Waals surface area contributed by atoms with Gasteiger partial charge in [0.1, 0.15) is 0 Å². The summed E-state index contributed by atoms with van der Waals surface area (Å²) in [5.41, 5.74) is 1.49. The fraction of sp³-hybridized carbons (Fsp3) is 0.250. The zero-order valence-corrected chi connectivity index (χ0v) is 13.6. The van der Waals surface area contributed by atoms with Gasteiger partial charge in [0.25, 0.3) is 0 Å². The lowest BCUT2D eigenvalue weighted by Gasteiger charge is -2.19. The van der Waals surface area contributed by atoms with Crippen LogP contribution in [-0.4, -0.2) is 24.1 Å². The van der Waals surface area contributed by atoms with E-state index in [-0.39, 0.29) is 11.8 Å². The van der Waals surface area contributed by atoms with E-state index < -0.39 is 0 Å². The largest absolute Gasteiger partial charge is 0.324 e. The number of carbonyl (C=O) groups excluding carboxylic acids is 2. The van der Waals surface area contributed by atoms with E-state index in [0.29, 0.717) is 17.9 Å². The van der Waals surface area contributed by atoms with E-state index in [4.69, 9.17) is 0 Å². The van der Waals surface area contributed by atoms with Crippen LogP contribution >= 0.6 is 23.1 Å². The first kappa shape index (κ1) is 15.1. The number of rotatable bonds is 5. The molecule has 1 aliphatic heterocycles. The number of hydrogen-bond donors (Lipinski definition) is 1. The normalized spacial score (nSPS) is 14.4. The van der Waals surface area contributed by atoms with Gasteiger partial charge in [-0.2, -0.15) is 0 Å². The van der Waals surface area contributed by atoms with Crippen molar-refractivity contribution in [3.8, 4) is 0 Å². The second-order valence-corrected chi connectivity index (χ2v) is 7.16. The van der Waals surface area contributed by atoms with Crippen molar-refractivity contribution in [3.05, 3.63) is 41.8 Å². The van der Waals surface area contributed by atoms with Crippen LogP contribution in [0, 0.1) is 0 Å². The second-order valence-electron chi connectivity index (χ2n) is 4.94. The lowest BCUT2D eigenvalue weighted by atomic mass is 10.2. The molecule has 0 radical (unpaired) electrons. The standard InChI is InChI=1S/C16H16N2O2S2/c19-14(11-22-16-8-4-10-21-16)17-12-5-1-2-6-13(12)18-9-3-7-15(18)20/h1-2,4-6,8,10H,3,7,9,11H2,(H,17,19). The van der Waals surface area contributed by atoms with E-state index in [1.807, 2.05) is 41.8 Å². The average Bonchev–Trinajstić information content (AvgIpc) is 3.17. The lowest BCUT2D eigenvalue weighted by molar-refractivity contribution is -0.117. The van der Waals surface area contributed by atoms with Gasteiger partial charge in [-0.1, -0.05) is 18.2 Å². The van der Waals surface area contributed by atoms with Gasteiger partial charge in [-0.3, -0.25) is 9.59 Å². The molecule has 1 N–H and O–H groups in total. The van der Waals surface area contributed by atoms with Gasteiger partial charge in [0.15, 0.2) is 0 Å². The number of para-hydroxylation sites is 2. The molecular weight excluding hydrogens is 316 g/mol. The van der Waals surface area contributed by atoms with Gasteiger partial charge in [-0.05, 0) is 30.0 Å². The van der Waals surface area contributed by atoms with Crippen molar-refractivity contribution >= 4 is 46.3 Å². The molecular formula is C16H16N2O2S2. The number of carbonyl (C=O) groups is 2. The number of nitrogens with one attached hydrogen (secondary N) is 1. The van der Waals surface area contributed by atoms with Crippen molar-refractivity contribution < 1.29 is 9.59 Å². The van der Waals surface area contributed by atoms with Crippen LogP contribution in [0.1, 0.15) is 12.8 Å². The number of benzene rings is 1. The Labute approximate surface area is 137 Å². The van der Waals surface area contributed by atoms with Crippen LogP contribution in [0.4, 0.5) is 11.4 Å². The Morgan fingerprint density at radius 3 is 2.86 bits per heavy atom. The molecule has 0 unspecified atom stereocenters. The van der Waals surface area contributed by atoms with E-state index >= 15 is 0 Å². The van der Waals surface area contributed by atoms with Crippen LogP contribution in [0.25, 0.3) is 0 Å². The third kappa shape index (κ3) is 3.51. The summed E-state index contributed by atoms with van der Waals surface area (Å²) in [7, 11) is 0. The fourth-order valence-electron chi connectivity index (χ4n) is 2.39. The predicted molar refractivity (Wildman–Crippen MR) is 91.7 cm³/mol. The molecule has 2 heterocycles. The quantitative estimate of drug-likeness (QED) is 0.851. The Bertz CT molecular complexity index is 671. The number of hydrogen-bond acceptors (Lipinski definition) is 4. The van der Waals surface area contributed by atoms with Crippen molar-refractivity contribution in [1.82, 2.24) is 0 Å². The highest BCUT2D eigenvalue weighted by Crippen LogP contribution is 2.30. The number of anilines is 2. The minimum atomic E-state index is -0.0579. The molecule has 0 spiro atoms. The number of thiophene rings is 1. The maximum absolute atomic E-state index is 12.1. The first-order chi connectivity index (χ1) is 10.7. The van der Waals surface area contributed by atoms with E-state index in [9.17, 15) is 9.59 Å². The van der Waals surface area contributed by atoms with Gasteiger partial charge in [-0.25, -0.2) is 0 Å². The Kier molecular flexibility index (Phi) is 4.80. The lowest BCUT2D eigenvalue weighted by Crippen LogP contribution is -2.25. The first-order valence-electron chi connectivity index (χ1n) is 7.09. The van der Waals surface area contributed by atoms with Gasteiger partial charge in [0.2, 0.25) is 11.8 Å². The summed E-state index contributed by atoms with van der Waals surface area (Å²) in [6.07, 6.45) is 1.45. The topological polar surface area (TPSA) is 49.4 Å². The monoisotopic (exact) mass is 332 g/mol. The molecule has 114 valence electrons. The molecule has 0 bridgehead atoms. The molecule has 2 aromatic rings. The Hall–Kier alpha value is -1.79. The third-order valence-electron chi connectivity index (χ3n) is 3.38. The molecule has 1 saturated heterocycles. The molecule has 0 aliphatic carbocycles. The summed E-state index contributed by atoms with van der Waals surface area (Å²) in [6.45, 7) is 0.718. The number of nitrogens with zero attached hydrogens (tertiary/aromatic N) is 1. The average molecular weight is 332 g/mol. The maximum Gasteiger partial charge on any atom is 0.234 e. The van der Waals surface area contributed by atoms with Crippen molar-refractivity contribution in [2.75, 3.05) is 22.5 Å². The maximum atomic E-state index is 12.1. The molecule has 1 aliphatic rings. The second kappa shape index (κ2) is 6.98. The first-order valence-corrected chi connectivity index (χ1v) is 8.96. The van der Waals surface area contributed by atoms with Crippen molar-refractivity contribution in [2.24, 2.45) is 0 Å². The van der Waals surface area contributed by atoms with E-state index in [2.05, 4.69) is 5.32 Å². The summed E-state index contributed by atoms with van der Waals surface area (Å²) >= 11 is 3.14. The van der Waals surface area contributed by atoms with Gasteiger partial charge in [0.05, 0.1) is 21.3 Å². The Balaban J connectivity index is 1.67. The minimum absolute atomic E-state index is 0.0579. The van der Waals surface area contributed by atoms with Crippen LogP contribution in [0.15, 0.2) is 46.0 Å². The molecule has 1 aromatic carbocycles. The fourth-order valence-corrected chi connectivity index (χ4v) is 3.97. The number of thioether (sulfide) groups is 1. The summed E-state index contributed by atoms with van der Waals surface area (Å²) in [4.78, 5) is 25.8. The summed E-state index contributed by atoms with van der Waals surface area (Å²) in [6, 6.07) is 11.4. The van der Waals surface area contributed by atoms with Crippen LogP contribution in [0.3, 0.4) is 0 Å². The summed E-state index contributed by atoms with van der Waals surface area (Å²) in [5.74, 6) is 0.426. The van der Waals surface area contributed by atoms with Crippen molar-refractivity contribution in [2.45, 2.75) is 17.1 Å². The Morgan fingerprint density at radius 2 is 2.14 bits per heavy atom.